The third-order valence-electron chi connectivity index (χ3n) is 4.34. The molecule has 0 radical (unpaired) electrons. The molecule has 1 unspecified atom stereocenters. The number of nitrogens with zero attached hydrogens (tertiary/aromatic N) is 3. The fourth-order valence-corrected chi connectivity index (χ4v) is 4.16. The van der Waals surface area contributed by atoms with Crippen molar-refractivity contribution < 1.29 is 0 Å². The van der Waals surface area contributed by atoms with E-state index >= 15 is 0 Å². The highest BCUT2D eigenvalue weighted by atomic mass is 35.5. The van der Waals surface area contributed by atoms with Crippen LogP contribution in [0.3, 0.4) is 0 Å². The number of nitrogens with one attached hydrogen (secondary N) is 1. The van der Waals surface area contributed by atoms with Gasteiger partial charge in [0.15, 0.2) is 4.96 Å². The lowest BCUT2D eigenvalue weighted by atomic mass is 10.0. The molecule has 0 amide bonds. The molecular weight excluding hydrogens is 379 g/mol. The number of thiazole rings is 1. The summed E-state index contributed by atoms with van der Waals surface area (Å²) in [6.45, 7) is 3.29. The molecule has 2 aromatic heterocycles. The largest absolute Gasteiger partial charge is 0.314 e. The van der Waals surface area contributed by atoms with Crippen molar-refractivity contribution in [2.75, 3.05) is 19.6 Å². The van der Waals surface area contributed by atoms with Gasteiger partial charge in [-0.3, -0.25) is 14.1 Å². The Bertz CT molecular complexity index is 926. The molecule has 1 aromatic carbocycles. The predicted molar refractivity (Wildman–Crippen MR) is 104 cm³/mol. The topological polar surface area (TPSA) is 49.6 Å². The van der Waals surface area contributed by atoms with Crippen LogP contribution >= 0.6 is 35.3 Å². The van der Waals surface area contributed by atoms with Crippen LogP contribution < -0.4 is 10.9 Å². The minimum atomic E-state index is -0.0272. The summed E-state index contributed by atoms with van der Waals surface area (Å²) in [5, 5.41) is 6.08. The second kappa shape index (κ2) is 7.85. The maximum Gasteiger partial charge on any atom is 0.258 e. The minimum Gasteiger partial charge on any atom is -0.314 e. The first kappa shape index (κ1) is 18.4. The van der Waals surface area contributed by atoms with Crippen LogP contribution in [-0.4, -0.2) is 33.9 Å². The van der Waals surface area contributed by atoms with E-state index in [0.717, 1.165) is 40.9 Å². The Morgan fingerprint density at radius 1 is 1.36 bits per heavy atom. The Morgan fingerprint density at radius 3 is 3.04 bits per heavy atom. The molecule has 0 spiro atoms. The normalized spacial score (nSPS) is 18.2. The van der Waals surface area contributed by atoms with Crippen LogP contribution in [0.1, 0.15) is 17.3 Å². The van der Waals surface area contributed by atoms with E-state index in [2.05, 4.69) is 21.3 Å². The van der Waals surface area contributed by atoms with Gasteiger partial charge in [0.2, 0.25) is 0 Å². The SMILES string of the molecule is Cl.O=c1cc(CN2CCNCC2c2ccccc2Cl)nc2sccn12. The average molecular weight is 397 g/mol. The van der Waals surface area contributed by atoms with Gasteiger partial charge in [-0.25, -0.2) is 4.98 Å². The molecule has 0 saturated carbocycles. The van der Waals surface area contributed by atoms with E-state index < -0.39 is 0 Å². The van der Waals surface area contributed by atoms with Crippen LogP contribution in [0.2, 0.25) is 5.02 Å². The first-order chi connectivity index (χ1) is 11.7. The van der Waals surface area contributed by atoms with Crippen molar-refractivity contribution in [3.05, 3.63) is 68.5 Å². The van der Waals surface area contributed by atoms with E-state index in [4.69, 9.17) is 11.6 Å². The van der Waals surface area contributed by atoms with Crippen molar-refractivity contribution in [1.29, 1.82) is 0 Å². The van der Waals surface area contributed by atoms with Gasteiger partial charge in [0.1, 0.15) is 0 Å². The molecular formula is C17H18Cl2N4OS. The number of hydrogen-bond acceptors (Lipinski definition) is 5. The Balaban J connectivity index is 0.00000182. The zero-order valence-corrected chi connectivity index (χ0v) is 15.8. The van der Waals surface area contributed by atoms with E-state index in [-0.39, 0.29) is 24.0 Å². The van der Waals surface area contributed by atoms with Crippen molar-refractivity contribution >= 4 is 40.3 Å². The summed E-state index contributed by atoms with van der Waals surface area (Å²) in [6.07, 6.45) is 1.76. The summed E-state index contributed by atoms with van der Waals surface area (Å²) < 4.78 is 1.58. The number of aromatic nitrogens is 2. The van der Waals surface area contributed by atoms with E-state index in [1.54, 1.807) is 16.7 Å². The summed E-state index contributed by atoms with van der Waals surface area (Å²) in [7, 11) is 0. The van der Waals surface area contributed by atoms with E-state index in [9.17, 15) is 4.79 Å². The molecule has 0 aliphatic carbocycles. The van der Waals surface area contributed by atoms with Crippen molar-refractivity contribution in [2.45, 2.75) is 12.6 Å². The highest BCUT2D eigenvalue weighted by Gasteiger charge is 2.26. The molecule has 5 nitrogen and oxygen atoms in total. The summed E-state index contributed by atoms with van der Waals surface area (Å²) in [4.78, 5) is 19.9. The minimum absolute atomic E-state index is 0. The molecule has 0 bridgehead atoms. The van der Waals surface area contributed by atoms with Gasteiger partial charge in [-0.2, -0.15) is 0 Å². The zero-order chi connectivity index (χ0) is 16.5. The molecule has 1 atom stereocenters. The van der Waals surface area contributed by atoms with Gasteiger partial charge in [-0.15, -0.1) is 23.7 Å². The molecule has 1 aliphatic heterocycles. The summed E-state index contributed by atoms with van der Waals surface area (Å²) in [6, 6.07) is 9.75. The molecule has 3 heterocycles. The zero-order valence-electron chi connectivity index (χ0n) is 13.4. The van der Waals surface area contributed by atoms with Crippen LogP contribution in [0, 0.1) is 0 Å². The van der Waals surface area contributed by atoms with Gasteiger partial charge in [0.25, 0.3) is 5.56 Å². The molecule has 132 valence electrons. The number of rotatable bonds is 3. The van der Waals surface area contributed by atoms with E-state index in [0.29, 0.717) is 6.54 Å². The second-order valence-corrected chi connectivity index (χ2v) is 7.13. The van der Waals surface area contributed by atoms with Gasteiger partial charge < -0.3 is 5.32 Å². The maximum atomic E-state index is 12.2. The predicted octanol–water partition coefficient (Wildman–Crippen LogP) is 2.98. The molecule has 1 fully saturated rings. The quantitative estimate of drug-likeness (QED) is 0.739. The van der Waals surface area contributed by atoms with Crippen molar-refractivity contribution in [2.24, 2.45) is 0 Å². The third-order valence-corrected chi connectivity index (χ3v) is 5.44. The lowest BCUT2D eigenvalue weighted by Crippen LogP contribution is -2.45. The van der Waals surface area contributed by atoms with Gasteiger partial charge in [-0.05, 0) is 11.6 Å². The third kappa shape index (κ3) is 3.73. The summed E-state index contributed by atoms with van der Waals surface area (Å²) >= 11 is 7.87. The Hall–Kier alpha value is -1.44. The molecule has 1 N–H and O–H groups in total. The smallest absolute Gasteiger partial charge is 0.258 e. The number of benzene rings is 1. The molecule has 1 saturated heterocycles. The second-order valence-electron chi connectivity index (χ2n) is 5.85. The molecule has 8 heteroatoms. The van der Waals surface area contributed by atoms with Crippen LogP contribution in [-0.2, 0) is 6.54 Å². The Morgan fingerprint density at radius 2 is 2.20 bits per heavy atom. The van der Waals surface area contributed by atoms with Crippen molar-refractivity contribution in [3.8, 4) is 0 Å². The molecule has 1 aliphatic rings. The van der Waals surface area contributed by atoms with Gasteiger partial charge in [0, 0.05) is 54.9 Å². The number of halogens is 2. The Labute approximate surface area is 160 Å². The maximum absolute atomic E-state index is 12.2. The van der Waals surface area contributed by atoms with Crippen LogP contribution in [0.5, 0.6) is 0 Å². The van der Waals surface area contributed by atoms with Gasteiger partial charge >= 0.3 is 0 Å². The Kier molecular flexibility index (Phi) is 5.76. The first-order valence-corrected chi connectivity index (χ1v) is 9.13. The molecule has 4 rings (SSSR count). The van der Waals surface area contributed by atoms with E-state index in [1.807, 2.05) is 23.6 Å². The average Bonchev–Trinajstić information content (AvgIpc) is 3.05. The highest BCUT2D eigenvalue weighted by Crippen LogP contribution is 2.29. The first-order valence-electron chi connectivity index (χ1n) is 7.87. The lowest BCUT2D eigenvalue weighted by molar-refractivity contribution is 0.152. The van der Waals surface area contributed by atoms with Crippen LogP contribution in [0.25, 0.3) is 4.96 Å². The van der Waals surface area contributed by atoms with Crippen LogP contribution in [0.4, 0.5) is 0 Å². The fraction of sp³-hybridized carbons (Fsp3) is 0.294. The van der Waals surface area contributed by atoms with Crippen molar-refractivity contribution in [3.63, 3.8) is 0 Å². The van der Waals surface area contributed by atoms with Crippen LogP contribution in [0.15, 0.2) is 46.7 Å². The van der Waals surface area contributed by atoms with Crippen molar-refractivity contribution in [1.82, 2.24) is 19.6 Å². The number of fused-ring (bicyclic) bond motifs is 1. The molecule has 25 heavy (non-hydrogen) atoms. The fourth-order valence-electron chi connectivity index (χ4n) is 3.16. The number of piperazine rings is 1. The lowest BCUT2D eigenvalue weighted by Gasteiger charge is -2.36. The number of hydrogen-bond donors (Lipinski definition) is 1. The summed E-state index contributed by atoms with van der Waals surface area (Å²) in [5.74, 6) is 0. The summed E-state index contributed by atoms with van der Waals surface area (Å²) in [5.41, 5.74) is 1.89. The van der Waals surface area contributed by atoms with E-state index in [1.165, 1.54) is 11.3 Å². The standard InChI is InChI=1S/C17H17ClN4OS.ClH/c18-14-4-2-1-3-13(14)15-10-19-5-6-21(15)11-12-9-16(23)22-7-8-24-17(22)20-12;/h1-4,7-9,15,19H,5-6,10-11H2;1H. The molecule has 3 aromatic rings. The highest BCUT2D eigenvalue weighted by molar-refractivity contribution is 7.15. The van der Waals surface area contributed by atoms with Gasteiger partial charge in [0.05, 0.1) is 5.69 Å². The monoisotopic (exact) mass is 396 g/mol. The van der Waals surface area contributed by atoms with Gasteiger partial charge in [-0.1, -0.05) is 29.8 Å².